The Morgan fingerprint density at radius 2 is 1.74 bits per heavy atom. The minimum Gasteiger partial charge on any atom is -0.481 e. The fourth-order valence-electron chi connectivity index (χ4n) is 4.79. The van der Waals surface area contributed by atoms with Gasteiger partial charge in [0.15, 0.2) is 0 Å². The van der Waals surface area contributed by atoms with Crippen LogP contribution < -0.4 is 0 Å². The van der Waals surface area contributed by atoms with E-state index in [0.717, 1.165) is 53.4 Å². The average molecular weight is 562 g/mol. The van der Waals surface area contributed by atoms with E-state index in [-0.39, 0.29) is 5.25 Å². The number of aliphatic carboxylic acids is 1. The maximum Gasteiger partial charge on any atom is 0.307 e. The molecule has 0 aliphatic carbocycles. The maximum absolute atomic E-state index is 11.5. The number of carboxylic acid groups (broad SMARTS) is 1. The van der Waals surface area contributed by atoms with E-state index in [1.54, 1.807) is 18.7 Å². The maximum atomic E-state index is 11.5. The fourth-order valence-corrected chi connectivity index (χ4v) is 6.25. The van der Waals surface area contributed by atoms with Crippen LogP contribution in [0.3, 0.4) is 0 Å². The van der Waals surface area contributed by atoms with Crippen molar-refractivity contribution in [2.75, 3.05) is 5.75 Å². The zero-order valence-electron chi connectivity index (χ0n) is 22.7. The largest absolute Gasteiger partial charge is 0.481 e. The number of hydrogen-bond acceptors (Lipinski definition) is 4. The first-order valence-electron chi connectivity index (χ1n) is 13.4. The molecule has 204 valence electrons. The molecule has 4 rings (SSSR count). The molecule has 39 heavy (non-hydrogen) atoms. The molecule has 0 aliphatic heterocycles. The van der Waals surface area contributed by atoms with Gasteiger partial charge in [0.25, 0.3) is 0 Å². The number of aromatic nitrogens is 1. The fraction of sp³-hybridized carbons (Fsp3) is 0.333. The zero-order chi connectivity index (χ0) is 28.0. The summed E-state index contributed by atoms with van der Waals surface area (Å²) >= 11 is 7.86. The van der Waals surface area contributed by atoms with Crippen LogP contribution in [0.5, 0.6) is 0 Å². The number of rotatable bonds is 12. The number of carboxylic acids is 1. The molecule has 0 fully saturated rings. The number of fused-ring (bicyclic) bond motifs is 1. The lowest BCUT2D eigenvalue weighted by atomic mass is 9.90. The SMILES string of the molecule is CC(CSC(CCc1ccccc1C(C)(C)O)c1cccc(CCc2ccc3ccc(Cl)cc3n2)c1)C(=O)O. The molecule has 0 bridgehead atoms. The highest BCUT2D eigenvalue weighted by atomic mass is 35.5. The van der Waals surface area contributed by atoms with Crippen molar-refractivity contribution >= 4 is 40.2 Å². The Morgan fingerprint density at radius 3 is 2.51 bits per heavy atom. The first-order chi connectivity index (χ1) is 18.6. The van der Waals surface area contributed by atoms with E-state index in [2.05, 4.69) is 42.5 Å². The minimum absolute atomic E-state index is 0.141. The van der Waals surface area contributed by atoms with Crippen LogP contribution in [0.1, 0.15) is 60.4 Å². The van der Waals surface area contributed by atoms with Gasteiger partial charge in [0, 0.05) is 27.1 Å². The van der Waals surface area contributed by atoms with Crippen LogP contribution in [0.4, 0.5) is 0 Å². The molecule has 0 aliphatic rings. The lowest BCUT2D eigenvalue weighted by molar-refractivity contribution is -0.140. The second kappa shape index (κ2) is 13.0. The summed E-state index contributed by atoms with van der Waals surface area (Å²) in [5, 5.41) is 22.0. The van der Waals surface area contributed by atoms with Gasteiger partial charge < -0.3 is 10.2 Å². The van der Waals surface area contributed by atoms with Gasteiger partial charge in [-0.15, -0.1) is 0 Å². The first-order valence-corrected chi connectivity index (χ1v) is 14.8. The predicted octanol–water partition coefficient (Wildman–Crippen LogP) is 8.03. The molecular formula is C33H36ClNO3S. The van der Waals surface area contributed by atoms with Gasteiger partial charge in [-0.2, -0.15) is 11.8 Å². The number of aryl methyl sites for hydroxylation is 3. The minimum atomic E-state index is -0.918. The summed E-state index contributed by atoms with van der Waals surface area (Å²) in [5.41, 5.74) is 5.51. The van der Waals surface area contributed by atoms with Crippen LogP contribution in [0, 0.1) is 5.92 Å². The van der Waals surface area contributed by atoms with Gasteiger partial charge in [0.2, 0.25) is 0 Å². The highest BCUT2D eigenvalue weighted by Crippen LogP contribution is 2.36. The molecule has 0 amide bonds. The molecule has 4 aromatic rings. The van der Waals surface area contributed by atoms with Crippen LogP contribution in [0.2, 0.25) is 5.02 Å². The summed E-state index contributed by atoms with van der Waals surface area (Å²) in [7, 11) is 0. The summed E-state index contributed by atoms with van der Waals surface area (Å²) < 4.78 is 0. The third-order valence-corrected chi connectivity index (χ3v) is 8.86. The molecule has 6 heteroatoms. The monoisotopic (exact) mass is 561 g/mol. The molecular weight excluding hydrogens is 526 g/mol. The van der Waals surface area contributed by atoms with E-state index in [1.807, 2.05) is 50.2 Å². The molecule has 3 aromatic carbocycles. The Balaban J connectivity index is 1.51. The van der Waals surface area contributed by atoms with Crippen LogP contribution in [0.15, 0.2) is 78.9 Å². The van der Waals surface area contributed by atoms with E-state index in [9.17, 15) is 15.0 Å². The van der Waals surface area contributed by atoms with Gasteiger partial charge in [-0.05, 0) is 80.0 Å². The quantitative estimate of drug-likeness (QED) is 0.183. The molecule has 2 N–H and O–H groups in total. The number of thioether (sulfide) groups is 1. The van der Waals surface area contributed by atoms with Crippen molar-refractivity contribution in [3.05, 3.63) is 112 Å². The highest BCUT2D eigenvalue weighted by Gasteiger charge is 2.22. The zero-order valence-corrected chi connectivity index (χ0v) is 24.3. The van der Waals surface area contributed by atoms with Crippen molar-refractivity contribution < 1.29 is 15.0 Å². The third-order valence-electron chi connectivity index (χ3n) is 7.03. The van der Waals surface area contributed by atoms with Gasteiger partial charge in [-0.3, -0.25) is 9.78 Å². The lowest BCUT2D eigenvalue weighted by Crippen LogP contribution is -2.18. The second-order valence-electron chi connectivity index (χ2n) is 10.7. The van der Waals surface area contributed by atoms with Crippen molar-refractivity contribution in [3.63, 3.8) is 0 Å². The Morgan fingerprint density at radius 1 is 0.974 bits per heavy atom. The number of benzene rings is 3. The smallest absolute Gasteiger partial charge is 0.307 e. The molecule has 0 saturated carbocycles. The van der Waals surface area contributed by atoms with Crippen molar-refractivity contribution in [1.29, 1.82) is 0 Å². The Hall–Kier alpha value is -2.86. The summed E-state index contributed by atoms with van der Waals surface area (Å²) in [5.74, 6) is -0.649. The first kappa shape index (κ1) is 29.1. The van der Waals surface area contributed by atoms with Gasteiger partial charge in [0.1, 0.15) is 0 Å². The molecule has 2 unspecified atom stereocenters. The molecule has 0 spiro atoms. The standard InChI is InChI=1S/C33H36ClNO3S/c1-22(32(36)37)21-39-31(18-14-24-8-4-5-10-29(24)33(2,3)38)26-9-6-7-23(19-26)11-16-28-17-13-25-12-15-27(34)20-30(25)35-28/h4-10,12-13,15,17,19-20,22,31,38H,11,14,16,18,21H2,1-3H3,(H,36,37). The molecule has 1 heterocycles. The summed E-state index contributed by atoms with van der Waals surface area (Å²) in [6.07, 6.45) is 3.32. The highest BCUT2D eigenvalue weighted by molar-refractivity contribution is 7.99. The second-order valence-corrected chi connectivity index (χ2v) is 12.4. The lowest BCUT2D eigenvalue weighted by Gasteiger charge is -2.24. The molecule has 0 radical (unpaired) electrons. The Bertz CT molecular complexity index is 1430. The van der Waals surface area contributed by atoms with Gasteiger partial charge >= 0.3 is 5.97 Å². The molecule has 4 nitrogen and oxygen atoms in total. The molecule has 1 aromatic heterocycles. The van der Waals surface area contributed by atoms with Gasteiger partial charge in [-0.25, -0.2) is 0 Å². The van der Waals surface area contributed by atoms with Crippen LogP contribution >= 0.6 is 23.4 Å². The van der Waals surface area contributed by atoms with Crippen molar-refractivity contribution in [3.8, 4) is 0 Å². The van der Waals surface area contributed by atoms with Crippen LogP contribution in [-0.4, -0.2) is 26.9 Å². The van der Waals surface area contributed by atoms with Crippen molar-refractivity contribution in [1.82, 2.24) is 4.98 Å². The van der Waals surface area contributed by atoms with Gasteiger partial charge in [0.05, 0.1) is 17.0 Å². The van der Waals surface area contributed by atoms with E-state index in [0.29, 0.717) is 10.8 Å². The molecule has 2 atom stereocenters. The average Bonchev–Trinajstić information content (AvgIpc) is 2.91. The van der Waals surface area contributed by atoms with Crippen LogP contribution in [-0.2, 0) is 29.7 Å². The van der Waals surface area contributed by atoms with Crippen molar-refractivity contribution in [2.24, 2.45) is 5.92 Å². The Labute approximate surface area is 240 Å². The number of nitrogens with zero attached hydrogens (tertiary/aromatic N) is 1. The number of pyridine rings is 1. The van der Waals surface area contributed by atoms with E-state index >= 15 is 0 Å². The number of carbonyl (C=O) groups is 1. The summed E-state index contributed by atoms with van der Waals surface area (Å²) in [6.45, 7) is 5.39. The molecule has 0 saturated heterocycles. The normalized spacial score (nSPS) is 13.4. The van der Waals surface area contributed by atoms with Crippen LogP contribution in [0.25, 0.3) is 10.9 Å². The van der Waals surface area contributed by atoms with Gasteiger partial charge in [-0.1, -0.05) is 79.2 Å². The predicted molar refractivity (Wildman–Crippen MR) is 163 cm³/mol. The third kappa shape index (κ3) is 8.07. The van der Waals surface area contributed by atoms with Crippen molar-refractivity contribution in [2.45, 2.75) is 57.3 Å². The summed E-state index contributed by atoms with van der Waals surface area (Å²) in [4.78, 5) is 16.3. The van der Waals surface area contributed by atoms with E-state index < -0.39 is 17.5 Å². The topological polar surface area (TPSA) is 70.4 Å². The van der Waals surface area contributed by atoms with E-state index in [4.69, 9.17) is 16.6 Å². The number of hydrogen-bond donors (Lipinski definition) is 2. The number of halogens is 1. The Kier molecular flexibility index (Phi) is 9.71. The van der Waals surface area contributed by atoms with E-state index in [1.165, 1.54) is 11.1 Å². The summed E-state index contributed by atoms with van der Waals surface area (Å²) in [6, 6.07) is 26.6. The number of aliphatic hydroxyl groups is 1.